The van der Waals surface area contributed by atoms with Gasteiger partial charge in [0.25, 0.3) is 0 Å². The van der Waals surface area contributed by atoms with Crippen LogP contribution in [0.4, 0.5) is 4.39 Å². The highest BCUT2D eigenvalue weighted by atomic mass is 19.1. The summed E-state index contributed by atoms with van der Waals surface area (Å²) in [5.74, 6) is 0.866. The van der Waals surface area contributed by atoms with Crippen LogP contribution in [0.1, 0.15) is 23.0 Å². The maximum atomic E-state index is 13.3. The number of imidazole rings is 1. The normalized spacial score (nSPS) is 16.9. The van der Waals surface area contributed by atoms with E-state index in [1.54, 1.807) is 6.07 Å². The van der Waals surface area contributed by atoms with Gasteiger partial charge in [-0.3, -0.25) is 4.90 Å². The quantitative estimate of drug-likeness (QED) is 0.929. The van der Waals surface area contributed by atoms with Crippen LogP contribution < -0.4 is 5.73 Å². The van der Waals surface area contributed by atoms with Gasteiger partial charge in [-0.2, -0.15) is 0 Å². The van der Waals surface area contributed by atoms with Crippen LogP contribution in [0.3, 0.4) is 0 Å². The van der Waals surface area contributed by atoms with Crippen molar-refractivity contribution in [2.75, 3.05) is 13.1 Å². The Balaban J connectivity index is 1.87. The number of hydrogen-bond acceptors (Lipinski definition) is 3. The molecule has 1 atom stereocenters. The lowest BCUT2D eigenvalue weighted by molar-refractivity contribution is 0.156. The summed E-state index contributed by atoms with van der Waals surface area (Å²) in [5.41, 5.74) is 8.03. The molecule has 0 radical (unpaired) electrons. The lowest BCUT2D eigenvalue weighted by atomic mass is 9.99. The first kappa shape index (κ1) is 13.3. The van der Waals surface area contributed by atoms with Crippen molar-refractivity contribution in [2.24, 2.45) is 5.73 Å². The molecule has 2 N–H and O–H groups in total. The van der Waals surface area contributed by atoms with Crippen molar-refractivity contribution in [2.45, 2.75) is 26.1 Å². The zero-order valence-corrected chi connectivity index (χ0v) is 11.6. The van der Waals surface area contributed by atoms with Crippen molar-refractivity contribution in [1.82, 2.24) is 14.5 Å². The number of aromatic nitrogens is 2. The fourth-order valence-corrected chi connectivity index (χ4v) is 2.94. The minimum Gasteiger partial charge on any atom is -0.333 e. The molecule has 1 aromatic heterocycles. The van der Waals surface area contributed by atoms with Crippen molar-refractivity contribution in [3.63, 3.8) is 0 Å². The Morgan fingerprint density at radius 2 is 2.25 bits per heavy atom. The van der Waals surface area contributed by atoms with Crippen molar-refractivity contribution in [1.29, 1.82) is 0 Å². The van der Waals surface area contributed by atoms with Crippen LogP contribution in [0.2, 0.25) is 0 Å². The highest BCUT2D eigenvalue weighted by Gasteiger charge is 2.25. The largest absolute Gasteiger partial charge is 0.333 e. The smallest absolute Gasteiger partial charge is 0.123 e. The van der Waals surface area contributed by atoms with Crippen LogP contribution in [0.25, 0.3) is 0 Å². The number of hydrogen-bond donors (Lipinski definition) is 1. The molecular weight excluding hydrogens is 255 g/mol. The van der Waals surface area contributed by atoms with Gasteiger partial charge in [-0.1, -0.05) is 6.07 Å². The number of aryl methyl sites for hydroxylation is 1. The van der Waals surface area contributed by atoms with Crippen molar-refractivity contribution in [3.05, 3.63) is 53.4 Å². The summed E-state index contributed by atoms with van der Waals surface area (Å²) in [6.45, 7) is 5.10. The second-order valence-electron chi connectivity index (χ2n) is 5.26. The van der Waals surface area contributed by atoms with Gasteiger partial charge in [-0.15, -0.1) is 0 Å². The average Bonchev–Trinajstić information content (AvgIpc) is 2.89. The van der Waals surface area contributed by atoms with Crippen LogP contribution in [-0.2, 0) is 13.1 Å². The molecule has 0 bridgehead atoms. The molecule has 2 aromatic rings. The predicted molar refractivity (Wildman–Crippen MR) is 75.6 cm³/mol. The van der Waals surface area contributed by atoms with Gasteiger partial charge in [0.15, 0.2) is 0 Å². The zero-order chi connectivity index (χ0) is 14.1. The Labute approximate surface area is 118 Å². The number of nitrogens with zero attached hydrogens (tertiary/aromatic N) is 3. The van der Waals surface area contributed by atoms with E-state index in [9.17, 15) is 4.39 Å². The van der Waals surface area contributed by atoms with Crippen molar-refractivity contribution < 1.29 is 4.39 Å². The van der Waals surface area contributed by atoms with E-state index in [2.05, 4.69) is 14.5 Å². The molecule has 0 aliphatic carbocycles. The Hall–Kier alpha value is -1.72. The first-order valence-corrected chi connectivity index (χ1v) is 6.89. The molecule has 0 saturated carbocycles. The summed E-state index contributed by atoms with van der Waals surface area (Å²) in [6.07, 6.45) is 3.84. The third-order valence-electron chi connectivity index (χ3n) is 4.03. The van der Waals surface area contributed by atoms with E-state index in [0.29, 0.717) is 6.54 Å². The Kier molecular flexibility index (Phi) is 3.54. The number of halogens is 1. The van der Waals surface area contributed by atoms with E-state index in [0.717, 1.165) is 36.6 Å². The molecule has 2 heterocycles. The van der Waals surface area contributed by atoms with Crippen LogP contribution in [0.5, 0.6) is 0 Å². The number of fused-ring (bicyclic) bond motifs is 1. The highest BCUT2D eigenvalue weighted by Crippen LogP contribution is 2.26. The standard InChI is InChI=1S/C15H19FN4/c1-11-8-12(16)2-3-13(11)14(9-17)20-7-6-19-5-4-18-15(19)10-20/h2-5,8,14H,6-7,9-10,17H2,1H3. The van der Waals surface area contributed by atoms with E-state index in [-0.39, 0.29) is 11.9 Å². The molecule has 3 rings (SSSR count). The Bertz CT molecular complexity index is 608. The molecule has 5 heteroatoms. The monoisotopic (exact) mass is 274 g/mol. The molecule has 1 aliphatic rings. The minimum absolute atomic E-state index is 0.112. The van der Waals surface area contributed by atoms with Gasteiger partial charge in [0.2, 0.25) is 0 Å². The fourth-order valence-electron chi connectivity index (χ4n) is 2.94. The summed E-state index contributed by atoms with van der Waals surface area (Å²) in [5, 5.41) is 0. The van der Waals surface area contributed by atoms with Crippen LogP contribution in [0.15, 0.2) is 30.6 Å². The van der Waals surface area contributed by atoms with Gasteiger partial charge in [0.05, 0.1) is 6.54 Å². The SMILES string of the molecule is Cc1cc(F)ccc1C(CN)N1CCn2ccnc2C1. The minimum atomic E-state index is -0.198. The van der Waals surface area contributed by atoms with E-state index in [1.807, 2.05) is 25.4 Å². The average molecular weight is 274 g/mol. The fraction of sp³-hybridized carbons (Fsp3) is 0.400. The first-order valence-electron chi connectivity index (χ1n) is 6.89. The van der Waals surface area contributed by atoms with Gasteiger partial charge in [0.1, 0.15) is 11.6 Å². The number of benzene rings is 1. The second-order valence-corrected chi connectivity index (χ2v) is 5.26. The van der Waals surface area contributed by atoms with Crippen molar-refractivity contribution >= 4 is 0 Å². The molecule has 0 saturated heterocycles. The zero-order valence-electron chi connectivity index (χ0n) is 11.6. The van der Waals surface area contributed by atoms with Gasteiger partial charge < -0.3 is 10.3 Å². The van der Waals surface area contributed by atoms with Gasteiger partial charge in [0, 0.05) is 38.1 Å². The van der Waals surface area contributed by atoms with E-state index >= 15 is 0 Å². The molecular formula is C15H19FN4. The van der Waals surface area contributed by atoms with Gasteiger partial charge in [-0.25, -0.2) is 9.37 Å². The molecule has 1 unspecified atom stereocenters. The van der Waals surface area contributed by atoms with Crippen LogP contribution in [0, 0.1) is 12.7 Å². The lowest BCUT2D eigenvalue weighted by Gasteiger charge is -2.35. The first-order chi connectivity index (χ1) is 9.69. The number of rotatable bonds is 3. The third kappa shape index (κ3) is 2.34. The lowest BCUT2D eigenvalue weighted by Crippen LogP contribution is -2.39. The topological polar surface area (TPSA) is 47.1 Å². The summed E-state index contributed by atoms with van der Waals surface area (Å²) in [7, 11) is 0. The summed E-state index contributed by atoms with van der Waals surface area (Å²) in [4.78, 5) is 6.70. The molecule has 0 fully saturated rings. The van der Waals surface area contributed by atoms with E-state index < -0.39 is 0 Å². The number of nitrogens with two attached hydrogens (primary N) is 1. The summed E-state index contributed by atoms with van der Waals surface area (Å²) in [6, 6.07) is 5.04. The van der Waals surface area contributed by atoms with Crippen molar-refractivity contribution in [3.8, 4) is 0 Å². The Morgan fingerprint density at radius 1 is 1.40 bits per heavy atom. The molecule has 106 valence electrons. The summed E-state index contributed by atoms with van der Waals surface area (Å²) < 4.78 is 15.4. The summed E-state index contributed by atoms with van der Waals surface area (Å²) >= 11 is 0. The second kappa shape index (κ2) is 5.34. The molecule has 1 aromatic carbocycles. The third-order valence-corrected chi connectivity index (χ3v) is 4.03. The molecule has 0 amide bonds. The molecule has 0 spiro atoms. The maximum Gasteiger partial charge on any atom is 0.123 e. The van der Waals surface area contributed by atoms with E-state index in [4.69, 9.17) is 5.73 Å². The van der Waals surface area contributed by atoms with E-state index in [1.165, 1.54) is 6.07 Å². The molecule has 1 aliphatic heterocycles. The van der Waals surface area contributed by atoms with Crippen LogP contribution >= 0.6 is 0 Å². The predicted octanol–water partition coefficient (Wildman–Crippen LogP) is 1.85. The molecule has 20 heavy (non-hydrogen) atoms. The maximum absolute atomic E-state index is 13.3. The Morgan fingerprint density at radius 3 is 3.00 bits per heavy atom. The van der Waals surface area contributed by atoms with Gasteiger partial charge >= 0.3 is 0 Å². The van der Waals surface area contributed by atoms with Gasteiger partial charge in [-0.05, 0) is 30.2 Å². The highest BCUT2D eigenvalue weighted by molar-refractivity contribution is 5.30. The molecule has 4 nitrogen and oxygen atoms in total. The van der Waals surface area contributed by atoms with Crippen LogP contribution in [-0.4, -0.2) is 27.5 Å².